The molecular formula is C22H17IO3. The van der Waals surface area contributed by atoms with Crippen LogP contribution in [-0.2, 0) is 10.2 Å². The predicted molar refractivity (Wildman–Crippen MR) is 112 cm³/mol. The van der Waals surface area contributed by atoms with E-state index in [-0.39, 0.29) is 5.78 Å². The fraction of sp³-hybridized carbons (Fsp3) is 0.136. The summed E-state index contributed by atoms with van der Waals surface area (Å²) in [4.78, 5) is 11.8. The average Bonchev–Trinajstić information content (AvgIpc) is 2.92. The summed E-state index contributed by atoms with van der Waals surface area (Å²) in [5.74, 6) is 1.66. The van der Waals surface area contributed by atoms with Crippen molar-refractivity contribution in [1.29, 1.82) is 0 Å². The second kappa shape index (κ2) is 6.43. The van der Waals surface area contributed by atoms with Gasteiger partial charge in [-0.05, 0) is 81.3 Å². The third kappa shape index (κ3) is 2.51. The van der Waals surface area contributed by atoms with E-state index in [1.807, 2.05) is 30.4 Å². The second-order valence-electron chi connectivity index (χ2n) is 6.27. The summed E-state index contributed by atoms with van der Waals surface area (Å²) in [6, 6.07) is 14.2. The van der Waals surface area contributed by atoms with Crippen molar-refractivity contribution < 1.29 is 14.3 Å². The number of fused-ring (bicyclic) bond motifs is 2. The van der Waals surface area contributed by atoms with Gasteiger partial charge in [0.05, 0.1) is 19.6 Å². The number of ether oxygens (including phenoxy) is 2. The van der Waals surface area contributed by atoms with Crippen LogP contribution in [0.3, 0.4) is 0 Å². The molecule has 2 aliphatic rings. The highest BCUT2D eigenvalue weighted by molar-refractivity contribution is 14.1. The van der Waals surface area contributed by atoms with Crippen LogP contribution in [0.4, 0.5) is 0 Å². The molecule has 3 nitrogen and oxygen atoms in total. The van der Waals surface area contributed by atoms with Gasteiger partial charge in [0.2, 0.25) is 0 Å². The van der Waals surface area contributed by atoms with Crippen LogP contribution in [0.1, 0.15) is 16.7 Å². The Bertz CT molecular complexity index is 965. The van der Waals surface area contributed by atoms with Gasteiger partial charge in [-0.2, -0.15) is 0 Å². The summed E-state index contributed by atoms with van der Waals surface area (Å²) in [5, 5.41) is 0. The average molecular weight is 456 g/mol. The van der Waals surface area contributed by atoms with Crippen LogP contribution in [0.5, 0.6) is 11.5 Å². The van der Waals surface area contributed by atoms with E-state index in [9.17, 15) is 4.79 Å². The number of methoxy groups -OCH3 is 2. The maximum absolute atomic E-state index is 11.8. The summed E-state index contributed by atoms with van der Waals surface area (Å²) in [7, 11) is 3.34. The summed E-state index contributed by atoms with van der Waals surface area (Å²) in [5.41, 5.74) is 4.13. The number of ketones is 1. The van der Waals surface area contributed by atoms with Gasteiger partial charge >= 0.3 is 0 Å². The van der Waals surface area contributed by atoms with Gasteiger partial charge in [0, 0.05) is 3.58 Å². The van der Waals surface area contributed by atoms with E-state index in [0.29, 0.717) is 0 Å². The van der Waals surface area contributed by atoms with Gasteiger partial charge in [0.25, 0.3) is 0 Å². The van der Waals surface area contributed by atoms with E-state index in [1.165, 1.54) is 5.57 Å². The minimum Gasteiger partial charge on any atom is -0.497 e. The highest BCUT2D eigenvalue weighted by Gasteiger charge is 2.42. The number of benzene rings is 2. The molecule has 4 rings (SSSR count). The van der Waals surface area contributed by atoms with E-state index in [1.54, 1.807) is 26.4 Å². The Labute approximate surface area is 166 Å². The summed E-state index contributed by atoms with van der Waals surface area (Å²) < 4.78 is 11.9. The van der Waals surface area contributed by atoms with Gasteiger partial charge < -0.3 is 9.47 Å². The highest BCUT2D eigenvalue weighted by atomic mass is 127. The van der Waals surface area contributed by atoms with Crippen LogP contribution < -0.4 is 9.47 Å². The Morgan fingerprint density at radius 1 is 0.885 bits per heavy atom. The number of hydrogen-bond donors (Lipinski definition) is 0. The highest BCUT2D eigenvalue weighted by Crippen LogP contribution is 2.56. The summed E-state index contributed by atoms with van der Waals surface area (Å²) >= 11 is 2.40. The minimum atomic E-state index is -0.444. The maximum atomic E-state index is 11.8. The third-order valence-electron chi connectivity index (χ3n) is 4.94. The molecule has 0 bridgehead atoms. The first-order valence-electron chi connectivity index (χ1n) is 8.25. The summed E-state index contributed by atoms with van der Waals surface area (Å²) in [6.45, 7) is 0. The van der Waals surface area contributed by atoms with Gasteiger partial charge in [0.15, 0.2) is 5.78 Å². The molecular weight excluding hydrogens is 439 g/mol. The number of carbonyl (C=O) groups is 1. The number of rotatable bonds is 3. The molecule has 0 amide bonds. The van der Waals surface area contributed by atoms with Crippen molar-refractivity contribution >= 4 is 37.5 Å². The van der Waals surface area contributed by atoms with Crippen molar-refractivity contribution in [2.45, 2.75) is 5.41 Å². The molecule has 0 saturated heterocycles. The quantitative estimate of drug-likeness (QED) is 0.614. The fourth-order valence-corrected chi connectivity index (χ4v) is 4.86. The minimum absolute atomic E-state index is 0.0154. The molecule has 0 N–H and O–H groups in total. The molecule has 0 aromatic heterocycles. The lowest BCUT2D eigenvalue weighted by Crippen LogP contribution is -2.23. The molecule has 2 aromatic rings. The molecule has 2 aromatic carbocycles. The van der Waals surface area contributed by atoms with Gasteiger partial charge in [0.1, 0.15) is 11.5 Å². The molecule has 4 heteroatoms. The molecule has 0 atom stereocenters. The molecule has 130 valence electrons. The molecule has 0 aliphatic heterocycles. The fourth-order valence-electron chi connectivity index (χ4n) is 3.65. The van der Waals surface area contributed by atoms with E-state index in [4.69, 9.17) is 9.47 Å². The first-order chi connectivity index (χ1) is 12.6. The predicted octanol–water partition coefficient (Wildman–Crippen LogP) is 4.95. The normalized spacial score (nSPS) is 17.0. The zero-order valence-electron chi connectivity index (χ0n) is 14.5. The van der Waals surface area contributed by atoms with E-state index >= 15 is 0 Å². The van der Waals surface area contributed by atoms with E-state index < -0.39 is 5.41 Å². The molecule has 0 radical (unpaired) electrons. The summed E-state index contributed by atoms with van der Waals surface area (Å²) in [6.07, 6.45) is 7.33. The Balaban J connectivity index is 1.97. The van der Waals surface area contributed by atoms with Crippen molar-refractivity contribution in [3.8, 4) is 11.5 Å². The lowest BCUT2D eigenvalue weighted by molar-refractivity contribution is -0.110. The lowest BCUT2D eigenvalue weighted by atomic mass is 9.72. The van der Waals surface area contributed by atoms with E-state index in [2.05, 4.69) is 46.9 Å². The zero-order chi connectivity index (χ0) is 18.3. The number of allylic oxidation sites excluding steroid dienone is 5. The standard InChI is InChI=1S/C22H17IO3/c1-25-16-5-3-14(4-6-16)20-21(23)18-13-17(26-2)7-8-19(18)22(20)11-9-15(24)10-12-22/h3-13H,1-2H3. The van der Waals surface area contributed by atoms with Crippen LogP contribution in [-0.4, -0.2) is 20.0 Å². The van der Waals surface area contributed by atoms with Crippen LogP contribution in [0.2, 0.25) is 0 Å². The molecule has 0 unspecified atom stereocenters. The first-order valence-corrected chi connectivity index (χ1v) is 9.33. The molecule has 0 heterocycles. The number of halogens is 1. The monoisotopic (exact) mass is 456 g/mol. The zero-order valence-corrected chi connectivity index (χ0v) is 16.6. The van der Waals surface area contributed by atoms with Gasteiger partial charge in [-0.1, -0.05) is 30.4 Å². The second-order valence-corrected chi connectivity index (χ2v) is 7.35. The van der Waals surface area contributed by atoms with Crippen LogP contribution >= 0.6 is 22.6 Å². The Morgan fingerprint density at radius 3 is 2.12 bits per heavy atom. The van der Waals surface area contributed by atoms with Crippen molar-refractivity contribution in [3.63, 3.8) is 0 Å². The van der Waals surface area contributed by atoms with Crippen LogP contribution in [0.15, 0.2) is 66.8 Å². The molecule has 1 spiro atoms. The van der Waals surface area contributed by atoms with Gasteiger partial charge in [-0.15, -0.1) is 0 Å². The Hall–Kier alpha value is -2.34. The Kier molecular flexibility index (Phi) is 4.23. The molecule has 0 fully saturated rings. The lowest BCUT2D eigenvalue weighted by Gasteiger charge is -2.29. The first kappa shape index (κ1) is 17.1. The smallest absolute Gasteiger partial charge is 0.178 e. The van der Waals surface area contributed by atoms with Gasteiger partial charge in [-0.3, -0.25) is 4.79 Å². The van der Waals surface area contributed by atoms with Crippen LogP contribution in [0.25, 0.3) is 9.15 Å². The number of hydrogen-bond acceptors (Lipinski definition) is 3. The van der Waals surface area contributed by atoms with E-state index in [0.717, 1.165) is 31.8 Å². The number of carbonyl (C=O) groups excluding carboxylic acids is 1. The maximum Gasteiger partial charge on any atom is 0.178 e. The van der Waals surface area contributed by atoms with Gasteiger partial charge in [-0.25, -0.2) is 0 Å². The van der Waals surface area contributed by atoms with Crippen molar-refractivity contribution in [1.82, 2.24) is 0 Å². The molecule has 0 saturated carbocycles. The Morgan fingerprint density at radius 2 is 1.50 bits per heavy atom. The third-order valence-corrected chi connectivity index (χ3v) is 6.06. The molecule has 2 aliphatic carbocycles. The van der Waals surface area contributed by atoms with Crippen molar-refractivity contribution in [2.24, 2.45) is 0 Å². The van der Waals surface area contributed by atoms with Crippen LogP contribution in [0, 0.1) is 0 Å². The SMILES string of the molecule is COc1ccc(C2=C(I)c3cc(OC)ccc3C23C=CC(=O)C=C3)cc1. The topological polar surface area (TPSA) is 35.5 Å². The van der Waals surface area contributed by atoms with Crippen molar-refractivity contribution in [2.75, 3.05) is 14.2 Å². The van der Waals surface area contributed by atoms with Crippen molar-refractivity contribution in [3.05, 3.63) is 83.5 Å². The largest absolute Gasteiger partial charge is 0.497 e. The molecule has 26 heavy (non-hydrogen) atoms.